The zero-order valence-corrected chi connectivity index (χ0v) is 8.63. The highest BCUT2D eigenvalue weighted by atomic mass is 79.9. The van der Waals surface area contributed by atoms with Crippen LogP contribution in [0, 0.1) is 0 Å². The maximum Gasteiger partial charge on any atom is 0.274 e. The molecule has 0 spiro atoms. The van der Waals surface area contributed by atoms with Gasteiger partial charge in [-0.3, -0.25) is 9.20 Å². The SMILES string of the molecule is CCc1cn2c(Br)ncc2c(=O)[nH]1. The highest BCUT2D eigenvalue weighted by molar-refractivity contribution is 9.10. The van der Waals surface area contributed by atoms with Gasteiger partial charge in [-0.25, -0.2) is 4.98 Å². The predicted molar refractivity (Wildman–Crippen MR) is 52.9 cm³/mol. The molecule has 2 heterocycles. The fourth-order valence-electron chi connectivity index (χ4n) is 1.21. The summed E-state index contributed by atoms with van der Waals surface area (Å²) in [6.45, 7) is 1.99. The molecule has 1 N–H and O–H groups in total. The van der Waals surface area contributed by atoms with Crippen LogP contribution in [0.4, 0.5) is 0 Å². The van der Waals surface area contributed by atoms with E-state index in [9.17, 15) is 4.79 Å². The van der Waals surface area contributed by atoms with Gasteiger partial charge in [0.25, 0.3) is 5.56 Å². The summed E-state index contributed by atoms with van der Waals surface area (Å²) in [6, 6.07) is 0. The van der Waals surface area contributed by atoms with Crippen molar-refractivity contribution < 1.29 is 0 Å². The standard InChI is InChI=1S/C8H8BrN3O/c1-2-5-4-12-6(7(13)11-5)3-10-8(12)9/h3-4H,2H2,1H3,(H,11,13). The number of nitrogens with zero attached hydrogens (tertiary/aromatic N) is 2. The third kappa shape index (κ3) is 1.29. The Morgan fingerprint density at radius 1 is 1.69 bits per heavy atom. The van der Waals surface area contributed by atoms with Gasteiger partial charge in [0.15, 0.2) is 4.73 Å². The second kappa shape index (κ2) is 2.99. The van der Waals surface area contributed by atoms with Crippen LogP contribution in [0.1, 0.15) is 12.6 Å². The summed E-state index contributed by atoms with van der Waals surface area (Å²) in [5.41, 5.74) is 1.36. The van der Waals surface area contributed by atoms with Gasteiger partial charge in [0.2, 0.25) is 0 Å². The number of aromatic amines is 1. The maximum atomic E-state index is 11.4. The van der Waals surface area contributed by atoms with Gasteiger partial charge in [0.05, 0.1) is 6.20 Å². The van der Waals surface area contributed by atoms with Crippen molar-refractivity contribution in [1.29, 1.82) is 0 Å². The number of imidazole rings is 1. The fourth-order valence-corrected chi connectivity index (χ4v) is 1.60. The zero-order chi connectivity index (χ0) is 9.42. The molecule has 0 amide bonds. The molecule has 4 nitrogen and oxygen atoms in total. The van der Waals surface area contributed by atoms with Crippen molar-refractivity contribution in [3.63, 3.8) is 0 Å². The summed E-state index contributed by atoms with van der Waals surface area (Å²) < 4.78 is 2.39. The zero-order valence-electron chi connectivity index (χ0n) is 7.04. The average Bonchev–Trinajstić information content (AvgIpc) is 2.48. The third-order valence-corrected chi connectivity index (χ3v) is 2.51. The Hall–Kier alpha value is -1.10. The molecule has 0 bridgehead atoms. The minimum atomic E-state index is -0.0995. The molecule has 13 heavy (non-hydrogen) atoms. The molecule has 0 radical (unpaired) electrons. The second-order valence-electron chi connectivity index (χ2n) is 2.74. The Morgan fingerprint density at radius 2 is 2.46 bits per heavy atom. The topological polar surface area (TPSA) is 50.2 Å². The van der Waals surface area contributed by atoms with Crippen LogP contribution in [0.15, 0.2) is 21.9 Å². The first kappa shape index (κ1) is 8.50. The van der Waals surface area contributed by atoms with Crippen LogP contribution in [-0.2, 0) is 6.42 Å². The third-order valence-electron chi connectivity index (χ3n) is 1.92. The molecule has 0 aliphatic rings. The Kier molecular flexibility index (Phi) is 1.95. The van der Waals surface area contributed by atoms with E-state index < -0.39 is 0 Å². The molecule has 0 aromatic carbocycles. The van der Waals surface area contributed by atoms with Crippen LogP contribution in [0.2, 0.25) is 0 Å². The van der Waals surface area contributed by atoms with Gasteiger partial charge >= 0.3 is 0 Å². The first-order valence-corrected chi connectivity index (χ1v) is 4.76. The number of nitrogens with one attached hydrogen (secondary N) is 1. The summed E-state index contributed by atoms with van der Waals surface area (Å²) in [5.74, 6) is 0. The van der Waals surface area contributed by atoms with Crippen LogP contribution in [0.5, 0.6) is 0 Å². The van der Waals surface area contributed by atoms with Gasteiger partial charge in [-0.1, -0.05) is 6.92 Å². The largest absolute Gasteiger partial charge is 0.323 e. The predicted octanol–water partition coefficient (Wildman–Crippen LogP) is 1.35. The van der Waals surface area contributed by atoms with Gasteiger partial charge < -0.3 is 4.98 Å². The van der Waals surface area contributed by atoms with E-state index in [1.54, 1.807) is 10.6 Å². The average molecular weight is 242 g/mol. The number of rotatable bonds is 1. The van der Waals surface area contributed by atoms with Crippen LogP contribution < -0.4 is 5.56 Å². The highest BCUT2D eigenvalue weighted by Gasteiger charge is 2.04. The van der Waals surface area contributed by atoms with Gasteiger partial charge in [-0.15, -0.1) is 0 Å². The monoisotopic (exact) mass is 241 g/mol. The van der Waals surface area contributed by atoms with Gasteiger partial charge in [0.1, 0.15) is 5.52 Å². The second-order valence-corrected chi connectivity index (χ2v) is 3.45. The Morgan fingerprint density at radius 3 is 3.15 bits per heavy atom. The van der Waals surface area contributed by atoms with Crippen molar-refractivity contribution >= 4 is 21.4 Å². The maximum absolute atomic E-state index is 11.4. The molecule has 2 aromatic heterocycles. The van der Waals surface area contributed by atoms with E-state index in [1.165, 1.54) is 0 Å². The van der Waals surface area contributed by atoms with E-state index in [0.29, 0.717) is 10.3 Å². The summed E-state index contributed by atoms with van der Waals surface area (Å²) >= 11 is 3.26. The fraction of sp³-hybridized carbons (Fsp3) is 0.250. The lowest BCUT2D eigenvalue weighted by Gasteiger charge is -1.98. The summed E-state index contributed by atoms with van der Waals surface area (Å²) in [6.07, 6.45) is 4.21. The number of aromatic nitrogens is 3. The lowest BCUT2D eigenvalue weighted by atomic mass is 10.3. The van der Waals surface area contributed by atoms with Crippen molar-refractivity contribution in [1.82, 2.24) is 14.4 Å². The van der Waals surface area contributed by atoms with Crippen LogP contribution in [0.3, 0.4) is 0 Å². The minimum Gasteiger partial charge on any atom is -0.323 e. The quantitative estimate of drug-likeness (QED) is 0.820. The van der Waals surface area contributed by atoms with Crippen LogP contribution in [-0.4, -0.2) is 14.4 Å². The molecule has 0 aliphatic heterocycles. The highest BCUT2D eigenvalue weighted by Crippen LogP contribution is 2.09. The summed E-state index contributed by atoms with van der Waals surface area (Å²) in [7, 11) is 0. The van der Waals surface area contributed by atoms with E-state index in [-0.39, 0.29) is 5.56 Å². The number of halogens is 1. The van der Waals surface area contributed by atoms with Gasteiger partial charge in [-0.05, 0) is 22.4 Å². The summed E-state index contributed by atoms with van der Waals surface area (Å²) in [4.78, 5) is 18.2. The minimum absolute atomic E-state index is 0.0995. The summed E-state index contributed by atoms with van der Waals surface area (Å²) in [5, 5.41) is 0. The first-order chi connectivity index (χ1) is 6.22. The lowest BCUT2D eigenvalue weighted by Crippen LogP contribution is -2.11. The molecule has 0 unspecified atom stereocenters. The first-order valence-electron chi connectivity index (χ1n) is 3.97. The van der Waals surface area contributed by atoms with Crippen molar-refractivity contribution in [2.75, 3.05) is 0 Å². The molecule has 0 saturated carbocycles. The number of hydrogen-bond donors (Lipinski definition) is 1. The van der Waals surface area contributed by atoms with Crippen LogP contribution in [0.25, 0.3) is 5.52 Å². The van der Waals surface area contributed by atoms with E-state index in [2.05, 4.69) is 25.9 Å². The molecule has 5 heteroatoms. The van der Waals surface area contributed by atoms with E-state index in [0.717, 1.165) is 12.1 Å². The molecule has 0 atom stereocenters. The van der Waals surface area contributed by atoms with Gasteiger partial charge in [0, 0.05) is 11.9 Å². The Labute approximate surface area is 82.7 Å². The van der Waals surface area contributed by atoms with Gasteiger partial charge in [-0.2, -0.15) is 0 Å². The molecule has 2 aromatic rings. The lowest BCUT2D eigenvalue weighted by molar-refractivity contribution is 0.950. The van der Waals surface area contributed by atoms with Crippen molar-refractivity contribution in [3.05, 3.63) is 33.2 Å². The smallest absolute Gasteiger partial charge is 0.274 e. The number of hydrogen-bond acceptors (Lipinski definition) is 2. The van der Waals surface area contributed by atoms with E-state index in [1.807, 2.05) is 13.1 Å². The number of aryl methyl sites for hydroxylation is 1. The molecule has 0 saturated heterocycles. The molecule has 68 valence electrons. The van der Waals surface area contributed by atoms with Crippen molar-refractivity contribution in [3.8, 4) is 0 Å². The van der Waals surface area contributed by atoms with Crippen molar-refractivity contribution in [2.24, 2.45) is 0 Å². The molecule has 2 rings (SSSR count). The molecular formula is C8H8BrN3O. The molecule has 0 fully saturated rings. The van der Waals surface area contributed by atoms with E-state index in [4.69, 9.17) is 0 Å². The van der Waals surface area contributed by atoms with E-state index >= 15 is 0 Å². The molecule has 0 aliphatic carbocycles. The Balaban J connectivity index is 2.88. The van der Waals surface area contributed by atoms with Crippen LogP contribution >= 0.6 is 15.9 Å². The number of fused-ring (bicyclic) bond motifs is 1. The van der Waals surface area contributed by atoms with Crippen molar-refractivity contribution in [2.45, 2.75) is 13.3 Å². The molecular weight excluding hydrogens is 234 g/mol. The normalized spacial score (nSPS) is 10.9. The number of H-pyrrole nitrogens is 1. The Bertz CT molecular complexity index is 500.